The molecule has 1 nitrogen and oxygen atoms in total. The highest BCUT2D eigenvalue weighted by Crippen LogP contribution is 2.39. The van der Waals surface area contributed by atoms with E-state index in [-0.39, 0.29) is 0 Å². The Labute approximate surface area is 118 Å². The minimum atomic E-state index is 0.585. The lowest BCUT2D eigenvalue weighted by atomic mass is 10.0. The summed E-state index contributed by atoms with van der Waals surface area (Å²) in [6.07, 6.45) is 0. The number of thiophene rings is 1. The van der Waals surface area contributed by atoms with E-state index in [9.17, 15) is 0 Å². The van der Waals surface area contributed by atoms with Crippen molar-refractivity contribution in [3.63, 3.8) is 0 Å². The minimum Gasteiger partial charge on any atom is -0.326 e. The van der Waals surface area contributed by atoms with Gasteiger partial charge in [0.2, 0.25) is 0 Å². The van der Waals surface area contributed by atoms with Crippen LogP contribution in [0.25, 0.3) is 21.2 Å². The fourth-order valence-electron chi connectivity index (χ4n) is 2.19. The molecule has 1 heterocycles. The topological polar surface area (TPSA) is 26.0 Å². The van der Waals surface area contributed by atoms with Gasteiger partial charge in [-0.15, -0.1) is 11.3 Å². The number of fused-ring (bicyclic) bond motifs is 1. The summed E-state index contributed by atoms with van der Waals surface area (Å²) in [5.41, 5.74) is 8.40. The molecule has 2 aromatic carbocycles. The second-order valence-electron chi connectivity index (χ2n) is 4.11. The summed E-state index contributed by atoms with van der Waals surface area (Å²) in [6, 6.07) is 16.9. The summed E-state index contributed by atoms with van der Waals surface area (Å²) < 4.78 is 2.39. The van der Waals surface area contributed by atoms with E-state index < -0.39 is 0 Å². The van der Waals surface area contributed by atoms with E-state index in [4.69, 9.17) is 5.73 Å². The van der Waals surface area contributed by atoms with E-state index in [0.717, 1.165) is 4.47 Å². The third kappa shape index (κ3) is 1.99. The maximum atomic E-state index is 5.89. The van der Waals surface area contributed by atoms with Crippen LogP contribution in [0.15, 0.2) is 53.0 Å². The molecule has 0 saturated carbocycles. The summed E-state index contributed by atoms with van der Waals surface area (Å²) in [4.78, 5) is 1.24. The fraction of sp³-hybridized carbons (Fsp3) is 0.0667. The van der Waals surface area contributed by atoms with Gasteiger partial charge in [-0.1, -0.05) is 46.3 Å². The van der Waals surface area contributed by atoms with Crippen molar-refractivity contribution in [2.45, 2.75) is 6.54 Å². The summed E-state index contributed by atoms with van der Waals surface area (Å²) in [7, 11) is 0. The quantitative estimate of drug-likeness (QED) is 0.722. The maximum absolute atomic E-state index is 5.89. The number of hydrogen-bond acceptors (Lipinski definition) is 2. The second kappa shape index (κ2) is 4.84. The smallest absolute Gasteiger partial charge is 0.0353 e. The van der Waals surface area contributed by atoms with Gasteiger partial charge in [-0.3, -0.25) is 0 Å². The molecular weight excluding hydrogens is 306 g/mol. The van der Waals surface area contributed by atoms with Gasteiger partial charge in [0.15, 0.2) is 0 Å². The zero-order chi connectivity index (χ0) is 12.5. The van der Waals surface area contributed by atoms with Crippen molar-refractivity contribution in [1.29, 1.82) is 0 Å². The number of halogens is 1. The molecule has 3 heteroatoms. The van der Waals surface area contributed by atoms with Crippen molar-refractivity contribution in [2.24, 2.45) is 5.73 Å². The first-order valence-corrected chi connectivity index (χ1v) is 7.37. The van der Waals surface area contributed by atoms with Gasteiger partial charge >= 0.3 is 0 Å². The molecule has 0 aliphatic carbocycles. The van der Waals surface area contributed by atoms with Gasteiger partial charge in [0.1, 0.15) is 0 Å². The molecule has 0 fully saturated rings. The third-order valence-corrected chi connectivity index (χ3v) is 4.66. The molecule has 0 bridgehead atoms. The molecule has 0 amide bonds. The molecule has 3 rings (SSSR count). The molecule has 1 aromatic heterocycles. The Morgan fingerprint density at radius 1 is 1.06 bits per heavy atom. The van der Waals surface area contributed by atoms with Gasteiger partial charge in [0, 0.05) is 31.5 Å². The number of rotatable bonds is 2. The predicted molar refractivity (Wildman–Crippen MR) is 82.9 cm³/mol. The van der Waals surface area contributed by atoms with Crippen molar-refractivity contribution in [3.05, 3.63) is 57.9 Å². The Hall–Kier alpha value is -1.16. The number of benzene rings is 2. The van der Waals surface area contributed by atoms with E-state index in [1.54, 1.807) is 11.3 Å². The van der Waals surface area contributed by atoms with Crippen molar-refractivity contribution < 1.29 is 0 Å². The number of hydrogen-bond donors (Lipinski definition) is 1. The molecule has 0 unspecified atom stereocenters. The fourth-order valence-corrected chi connectivity index (χ4v) is 3.63. The van der Waals surface area contributed by atoms with Gasteiger partial charge < -0.3 is 5.73 Å². The first-order valence-electron chi connectivity index (χ1n) is 5.76. The zero-order valence-electron chi connectivity index (χ0n) is 9.69. The van der Waals surface area contributed by atoms with Crippen LogP contribution >= 0.6 is 27.3 Å². The van der Waals surface area contributed by atoms with E-state index in [1.807, 2.05) is 6.07 Å². The van der Waals surface area contributed by atoms with E-state index in [1.165, 1.54) is 26.1 Å². The monoisotopic (exact) mass is 317 g/mol. The molecule has 3 aromatic rings. The van der Waals surface area contributed by atoms with Crippen LogP contribution in [0.3, 0.4) is 0 Å². The Morgan fingerprint density at radius 3 is 2.56 bits per heavy atom. The van der Waals surface area contributed by atoms with Crippen LogP contribution in [0.2, 0.25) is 0 Å². The summed E-state index contributed by atoms with van der Waals surface area (Å²) in [5, 5.41) is 1.28. The van der Waals surface area contributed by atoms with Gasteiger partial charge in [-0.2, -0.15) is 0 Å². The molecule has 18 heavy (non-hydrogen) atoms. The molecule has 90 valence electrons. The molecule has 0 radical (unpaired) electrons. The zero-order valence-corrected chi connectivity index (χ0v) is 12.1. The lowest BCUT2D eigenvalue weighted by Gasteiger charge is -2.03. The average molecular weight is 318 g/mol. The molecule has 2 N–H and O–H groups in total. The number of nitrogens with two attached hydrogens (primary N) is 1. The van der Waals surface area contributed by atoms with Crippen LogP contribution in [-0.2, 0) is 6.54 Å². The van der Waals surface area contributed by atoms with Crippen LogP contribution in [0.4, 0.5) is 0 Å². The van der Waals surface area contributed by atoms with E-state index in [2.05, 4.69) is 58.4 Å². The van der Waals surface area contributed by atoms with E-state index in [0.29, 0.717) is 6.54 Å². The van der Waals surface area contributed by atoms with Crippen molar-refractivity contribution in [3.8, 4) is 11.1 Å². The van der Waals surface area contributed by atoms with Crippen LogP contribution in [0, 0.1) is 0 Å². The first-order chi connectivity index (χ1) is 8.79. The molecule has 0 aliphatic heterocycles. The Bertz CT molecular complexity index is 688. The van der Waals surface area contributed by atoms with Crippen LogP contribution in [0.5, 0.6) is 0 Å². The third-order valence-electron chi connectivity index (χ3n) is 2.97. The molecular formula is C15H12BrNS. The largest absolute Gasteiger partial charge is 0.326 e. The van der Waals surface area contributed by atoms with Gasteiger partial charge in [0.25, 0.3) is 0 Å². The predicted octanol–water partition coefficient (Wildman–Crippen LogP) is 4.79. The summed E-state index contributed by atoms with van der Waals surface area (Å²) >= 11 is 5.33. The normalized spacial score (nSPS) is 11.0. The summed E-state index contributed by atoms with van der Waals surface area (Å²) in [5.74, 6) is 0. The van der Waals surface area contributed by atoms with Crippen molar-refractivity contribution in [1.82, 2.24) is 0 Å². The SMILES string of the molecule is NCc1sc2ccc(Br)cc2c1-c1ccccc1. The van der Waals surface area contributed by atoms with Gasteiger partial charge in [-0.25, -0.2) is 0 Å². The van der Waals surface area contributed by atoms with E-state index >= 15 is 0 Å². The van der Waals surface area contributed by atoms with Crippen molar-refractivity contribution >= 4 is 37.4 Å². The van der Waals surface area contributed by atoms with Crippen LogP contribution in [0.1, 0.15) is 4.88 Å². The first kappa shape index (κ1) is 11.9. The van der Waals surface area contributed by atoms with Crippen LogP contribution < -0.4 is 5.73 Å². The van der Waals surface area contributed by atoms with Crippen LogP contribution in [-0.4, -0.2) is 0 Å². The Balaban J connectivity index is 2.35. The minimum absolute atomic E-state index is 0.585. The summed E-state index contributed by atoms with van der Waals surface area (Å²) in [6.45, 7) is 0.585. The molecule has 0 atom stereocenters. The molecule has 0 spiro atoms. The lowest BCUT2D eigenvalue weighted by molar-refractivity contribution is 1.11. The highest BCUT2D eigenvalue weighted by Gasteiger charge is 2.12. The Morgan fingerprint density at radius 2 is 1.83 bits per heavy atom. The van der Waals surface area contributed by atoms with Gasteiger partial charge in [-0.05, 0) is 23.8 Å². The van der Waals surface area contributed by atoms with Crippen molar-refractivity contribution in [2.75, 3.05) is 0 Å². The molecule has 0 aliphatic rings. The highest BCUT2D eigenvalue weighted by atomic mass is 79.9. The highest BCUT2D eigenvalue weighted by molar-refractivity contribution is 9.10. The average Bonchev–Trinajstić information content (AvgIpc) is 2.77. The Kier molecular flexibility index (Phi) is 3.20. The maximum Gasteiger partial charge on any atom is 0.0353 e. The van der Waals surface area contributed by atoms with Gasteiger partial charge in [0.05, 0.1) is 0 Å². The lowest BCUT2D eigenvalue weighted by Crippen LogP contribution is -1.94. The second-order valence-corrected chi connectivity index (χ2v) is 6.16. The molecule has 0 saturated heterocycles. The standard InChI is InChI=1S/C15H12BrNS/c16-11-6-7-13-12(8-11)15(14(9-17)18-13)10-4-2-1-3-5-10/h1-8H,9,17H2.